The second-order valence-electron chi connectivity index (χ2n) is 7.08. The summed E-state index contributed by atoms with van der Waals surface area (Å²) < 4.78 is 0. The molecule has 4 rings (SSSR count). The molecule has 0 aliphatic carbocycles. The molecular weight excluding hydrogens is 320 g/mol. The molecule has 0 saturated carbocycles. The van der Waals surface area contributed by atoms with Crippen molar-refractivity contribution in [3.8, 4) is 0 Å². The lowest BCUT2D eigenvalue weighted by molar-refractivity contribution is 0.253. The molecule has 1 aromatic rings. The smallest absolute Gasteiger partial charge is 0.155 e. The summed E-state index contributed by atoms with van der Waals surface area (Å²) in [5.41, 5.74) is 4.43. The third kappa shape index (κ3) is 2.68. The van der Waals surface area contributed by atoms with Gasteiger partial charge < -0.3 is 4.90 Å². The van der Waals surface area contributed by atoms with Crippen LogP contribution >= 0.6 is 11.6 Å². The predicted octanol–water partition coefficient (Wildman–Crippen LogP) is 4.28. The second-order valence-corrected chi connectivity index (χ2v) is 7.52. The molecule has 3 aliphatic rings. The van der Waals surface area contributed by atoms with Gasteiger partial charge in [0, 0.05) is 17.1 Å². The highest BCUT2D eigenvalue weighted by atomic mass is 35.5. The van der Waals surface area contributed by atoms with Gasteiger partial charge in [-0.25, -0.2) is 4.99 Å². The topological polar surface area (TPSA) is 31.2 Å². The van der Waals surface area contributed by atoms with Crippen molar-refractivity contribution in [3.05, 3.63) is 35.0 Å². The molecule has 126 valence electrons. The van der Waals surface area contributed by atoms with Crippen molar-refractivity contribution in [1.29, 1.82) is 0 Å². The Balaban J connectivity index is 1.81. The van der Waals surface area contributed by atoms with Gasteiger partial charge in [-0.15, -0.1) is 0 Å². The van der Waals surface area contributed by atoms with Crippen LogP contribution in [0, 0.1) is 5.92 Å². The first-order valence-corrected chi connectivity index (χ1v) is 9.03. The van der Waals surface area contributed by atoms with Gasteiger partial charge in [-0.3, -0.25) is 9.89 Å². The summed E-state index contributed by atoms with van der Waals surface area (Å²) in [5.74, 6) is 1.49. The van der Waals surface area contributed by atoms with E-state index in [0.29, 0.717) is 5.92 Å². The fourth-order valence-electron chi connectivity index (χ4n) is 3.61. The first-order valence-electron chi connectivity index (χ1n) is 8.65. The molecule has 1 atom stereocenters. The Labute approximate surface area is 148 Å². The van der Waals surface area contributed by atoms with Gasteiger partial charge in [0.2, 0.25) is 0 Å². The maximum Gasteiger partial charge on any atom is 0.155 e. The highest BCUT2D eigenvalue weighted by Gasteiger charge is 2.34. The Morgan fingerprint density at radius 2 is 1.96 bits per heavy atom. The van der Waals surface area contributed by atoms with E-state index >= 15 is 0 Å². The van der Waals surface area contributed by atoms with Crippen LogP contribution in [-0.2, 0) is 0 Å². The van der Waals surface area contributed by atoms with Crippen LogP contribution in [0.3, 0.4) is 0 Å². The zero-order valence-corrected chi connectivity index (χ0v) is 15.2. The van der Waals surface area contributed by atoms with Gasteiger partial charge in [0.1, 0.15) is 0 Å². The molecule has 0 bridgehead atoms. The molecule has 3 heterocycles. The van der Waals surface area contributed by atoms with Crippen LogP contribution in [0.5, 0.6) is 0 Å². The zero-order valence-electron chi connectivity index (χ0n) is 14.5. The third-order valence-corrected chi connectivity index (χ3v) is 5.54. The molecule has 4 nitrogen and oxygen atoms in total. The monoisotopic (exact) mass is 342 g/mol. The van der Waals surface area contributed by atoms with E-state index in [2.05, 4.69) is 36.9 Å². The number of likely N-dealkylation sites (tertiary alicyclic amines) is 1. The van der Waals surface area contributed by atoms with Crippen molar-refractivity contribution >= 4 is 34.5 Å². The zero-order chi connectivity index (χ0) is 16.8. The van der Waals surface area contributed by atoms with Gasteiger partial charge in [0.25, 0.3) is 0 Å². The maximum absolute atomic E-state index is 6.23. The SMILES string of the molecule is CC1=CN2C(=NC1C)C(C1CCN(C)CC1)=Nc1ccc(Cl)cc12. The van der Waals surface area contributed by atoms with Gasteiger partial charge in [-0.05, 0) is 70.6 Å². The summed E-state index contributed by atoms with van der Waals surface area (Å²) in [6, 6.07) is 6.13. The van der Waals surface area contributed by atoms with Crippen molar-refractivity contribution in [1.82, 2.24) is 4.90 Å². The molecular formula is C19H23ClN4. The van der Waals surface area contributed by atoms with Gasteiger partial charge in [0.05, 0.1) is 23.1 Å². The van der Waals surface area contributed by atoms with E-state index in [9.17, 15) is 0 Å². The number of rotatable bonds is 1. The van der Waals surface area contributed by atoms with E-state index in [1.54, 1.807) is 0 Å². The Morgan fingerprint density at radius 1 is 1.21 bits per heavy atom. The average Bonchev–Trinajstić information content (AvgIpc) is 2.57. The quantitative estimate of drug-likeness (QED) is 0.762. The van der Waals surface area contributed by atoms with Gasteiger partial charge in [0.15, 0.2) is 5.84 Å². The minimum atomic E-state index is 0.202. The molecule has 24 heavy (non-hydrogen) atoms. The second kappa shape index (κ2) is 6.01. The number of halogens is 1. The number of nitrogens with zero attached hydrogens (tertiary/aromatic N) is 4. The minimum Gasteiger partial charge on any atom is -0.306 e. The summed E-state index contributed by atoms with van der Waals surface area (Å²) in [6.45, 7) is 6.52. The normalized spacial score (nSPS) is 24.8. The van der Waals surface area contributed by atoms with Crippen molar-refractivity contribution in [3.63, 3.8) is 0 Å². The fraction of sp³-hybridized carbons (Fsp3) is 0.474. The summed E-state index contributed by atoms with van der Waals surface area (Å²) in [4.78, 5) is 14.6. The summed E-state index contributed by atoms with van der Waals surface area (Å²) >= 11 is 6.23. The van der Waals surface area contributed by atoms with Gasteiger partial charge in [-0.2, -0.15) is 0 Å². The first-order chi connectivity index (χ1) is 11.5. The number of hydrogen-bond acceptors (Lipinski definition) is 4. The largest absolute Gasteiger partial charge is 0.306 e. The van der Waals surface area contributed by atoms with Crippen LogP contribution in [0.4, 0.5) is 11.4 Å². The summed E-state index contributed by atoms with van der Waals surface area (Å²) in [5, 5.41) is 0.732. The first kappa shape index (κ1) is 15.9. The van der Waals surface area contributed by atoms with Crippen LogP contribution in [0.1, 0.15) is 26.7 Å². The average molecular weight is 343 g/mol. The highest BCUT2D eigenvalue weighted by Crippen LogP contribution is 2.39. The maximum atomic E-state index is 6.23. The molecule has 1 fully saturated rings. The Kier molecular flexibility index (Phi) is 3.97. The number of fused-ring (bicyclic) bond motifs is 3. The van der Waals surface area contributed by atoms with Crippen molar-refractivity contribution < 1.29 is 0 Å². The van der Waals surface area contributed by atoms with E-state index in [0.717, 1.165) is 53.9 Å². The van der Waals surface area contributed by atoms with Crippen LogP contribution in [0.25, 0.3) is 0 Å². The van der Waals surface area contributed by atoms with E-state index < -0.39 is 0 Å². The summed E-state index contributed by atoms with van der Waals surface area (Å²) in [7, 11) is 2.19. The third-order valence-electron chi connectivity index (χ3n) is 5.31. The predicted molar refractivity (Wildman–Crippen MR) is 102 cm³/mol. The number of anilines is 1. The molecule has 3 aliphatic heterocycles. The summed E-state index contributed by atoms with van der Waals surface area (Å²) in [6.07, 6.45) is 4.48. The molecule has 1 unspecified atom stereocenters. The molecule has 1 saturated heterocycles. The van der Waals surface area contributed by atoms with Gasteiger partial charge in [-0.1, -0.05) is 11.6 Å². The van der Waals surface area contributed by atoms with Gasteiger partial charge >= 0.3 is 0 Å². The number of piperidine rings is 1. The molecule has 0 amide bonds. The molecule has 5 heteroatoms. The number of aliphatic imine (C=N–C) groups is 2. The molecule has 0 aromatic heterocycles. The van der Waals surface area contributed by atoms with Crippen molar-refractivity contribution in [2.75, 3.05) is 25.0 Å². The number of hydrogen-bond donors (Lipinski definition) is 0. The van der Waals surface area contributed by atoms with Crippen LogP contribution in [0.15, 0.2) is 40.0 Å². The van der Waals surface area contributed by atoms with Crippen LogP contribution < -0.4 is 4.90 Å². The molecule has 0 N–H and O–H groups in total. The van der Waals surface area contributed by atoms with Crippen molar-refractivity contribution in [2.24, 2.45) is 15.9 Å². The molecule has 1 aromatic carbocycles. The van der Waals surface area contributed by atoms with Crippen molar-refractivity contribution in [2.45, 2.75) is 32.7 Å². The highest BCUT2D eigenvalue weighted by molar-refractivity contribution is 6.49. The molecule has 0 spiro atoms. The Morgan fingerprint density at radius 3 is 2.71 bits per heavy atom. The lowest BCUT2D eigenvalue weighted by Gasteiger charge is -2.38. The minimum absolute atomic E-state index is 0.202. The number of amidine groups is 1. The van der Waals surface area contributed by atoms with E-state index in [-0.39, 0.29) is 6.04 Å². The molecule has 0 radical (unpaired) electrons. The lowest BCUT2D eigenvalue weighted by atomic mass is 9.89. The van der Waals surface area contributed by atoms with E-state index in [4.69, 9.17) is 21.6 Å². The fourth-order valence-corrected chi connectivity index (χ4v) is 3.78. The van der Waals surface area contributed by atoms with E-state index in [1.807, 2.05) is 18.2 Å². The van der Waals surface area contributed by atoms with E-state index in [1.165, 1.54) is 5.57 Å². The number of benzene rings is 1. The Bertz CT molecular complexity index is 757. The van der Waals surface area contributed by atoms with Crippen LogP contribution in [-0.4, -0.2) is 42.6 Å². The lowest BCUT2D eigenvalue weighted by Crippen LogP contribution is -2.45. The standard InChI is InChI=1S/C19H23ClN4/c1-12-11-24-17-10-15(20)4-5-16(17)22-18(19(24)21-13(12)2)14-6-8-23(3)9-7-14/h4-5,10-11,13-14H,6-9H2,1-3H3. The Hall–Kier alpha value is -1.65. The van der Waals surface area contributed by atoms with Crippen LogP contribution in [0.2, 0.25) is 5.02 Å².